The van der Waals surface area contributed by atoms with Crippen LogP contribution in [0.3, 0.4) is 0 Å². The standard InChI is InChI=1S/C9H13NO4S.3CH3.H2O.2Sn.H/c1-15-5-4-6(9(13)14)10-7(11)2-3-8(10)12;;;;;;;/h2-3,6,9,13-14H,4-5H2,1H3;3*1H3;1H2;;;. The minimum absolute atomic E-state index is 0. The average Bonchev–Trinajstić information content (AvgIpc) is 2.60. The number of hydrogen-bond donors (Lipinski definition) is 2. The topological polar surface area (TPSA) is 109 Å². The quantitative estimate of drug-likeness (QED) is 0.275. The molecule has 1 unspecified atom stereocenters. The van der Waals surface area contributed by atoms with Crippen molar-refractivity contribution in [1.29, 1.82) is 0 Å². The van der Waals surface area contributed by atoms with Crippen molar-refractivity contribution in [3.8, 4) is 0 Å². The van der Waals surface area contributed by atoms with E-state index in [9.17, 15) is 9.59 Å². The zero-order valence-corrected chi connectivity index (χ0v) is 19.8. The summed E-state index contributed by atoms with van der Waals surface area (Å²) in [6.45, 7) is 0. The molecular formula is C12H25NO5SSn2. The van der Waals surface area contributed by atoms with Crippen LogP contribution in [0.1, 0.15) is 6.42 Å². The number of imide groups is 1. The summed E-state index contributed by atoms with van der Waals surface area (Å²) in [6.07, 6.45) is 2.82. The molecule has 1 aliphatic heterocycles. The number of carbonyl (C=O) groups is 2. The number of aliphatic hydroxyl groups excluding tert-OH is 1. The second-order valence-corrected chi connectivity index (χ2v) is 14.2. The van der Waals surface area contributed by atoms with Gasteiger partial charge in [0.25, 0.3) is 11.8 Å². The number of nitrogens with zero attached hydrogens (tertiary/aromatic N) is 1. The summed E-state index contributed by atoms with van der Waals surface area (Å²) >= 11 is 0.973. The van der Waals surface area contributed by atoms with Gasteiger partial charge in [-0.05, 0) is 18.4 Å². The molecule has 4 radical (unpaired) electrons. The predicted molar refractivity (Wildman–Crippen MR) is 90.1 cm³/mol. The Hall–Kier alpha value is 0.707. The summed E-state index contributed by atoms with van der Waals surface area (Å²) in [5.74, 6) is -0.322. The molecule has 1 atom stereocenters. The van der Waals surface area contributed by atoms with E-state index >= 15 is 0 Å². The Morgan fingerprint density at radius 3 is 1.86 bits per heavy atom. The summed E-state index contributed by atoms with van der Waals surface area (Å²) in [4.78, 5) is 30.5. The molecule has 6 nitrogen and oxygen atoms in total. The van der Waals surface area contributed by atoms with Crippen LogP contribution in [0.25, 0.3) is 0 Å². The van der Waals surface area contributed by atoms with Crippen LogP contribution >= 0.6 is 11.8 Å². The number of hydrogen-bond acceptors (Lipinski definition) is 5. The molecule has 0 aromatic rings. The van der Waals surface area contributed by atoms with Crippen LogP contribution in [0.15, 0.2) is 12.2 Å². The molecule has 2 amide bonds. The summed E-state index contributed by atoms with van der Waals surface area (Å²) in [5.41, 5.74) is 0. The molecule has 0 aromatic heterocycles. The van der Waals surface area contributed by atoms with Crippen molar-refractivity contribution in [3.05, 3.63) is 12.2 Å². The van der Waals surface area contributed by atoms with Gasteiger partial charge in [-0.3, -0.25) is 14.5 Å². The number of thioether (sulfide) groups is 1. The molecule has 0 fully saturated rings. The maximum atomic E-state index is 11.3. The summed E-state index contributed by atoms with van der Waals surface area (Å²) in [7, 11) is 0. The maximum absolute atomic E-state index is 11.3. The first kappa shape index (κ1) is 26.6. The number of rotatable bonds is 5. The van der Waals surface area contributed by atoms with Crippen molar-refractivity contribution >= 4 is 67.2 Å². The van der Waals surface area contributed by atoms with Gasteiger partial charge in [0.15, 0.2) is 6.29 Å². The van der Waals surface area contributed by atoms with Gasteiger partial charge in [-0.1, -0.05) is 0 Å². The monoisotopic (exact) mass is 535 g/mol. The van der Waals surface area contributed by atoms with Gasteiger partial charge in [-0.25, -0.2) is 0 Å². The Morgan fingerprint density at radius 2 is 1.57 bits per heavy atom. The zero-order chi connectivity index (χ0) is 15.0. The van der Waals surface area contributed by atoms with Crippen molar-refractivity contribution in [2.45, 2.75) is 33.6 Å². The number of carbonyl (C=O) groups excluding carboxylic acids is 2. The molecule has 4 N–H and O–H groups in total. The molecular weight excluding hydrogens is 508 g/mol. The van der Waals surface area contributed by atoms with Crippen LogP contribution < -0.4 is 0 Å². The van der Waals surface area contributed by atoms with E-state index in [-0.39, 0.29) is 29.4 Å². The van der Waals surface area contributed by atoms with Crippen LogP contribution in [-0.2, 0) is 9.59 Å². The fourth-order valence-corrected chi connectivity index (χ4v) is 1.87. The normalized spacial score (nSPS) is 14.6. The Bertz CT molecular complexity index is 319. The van der Waals surface area contributed by atoms with Crippen molar-refractivity contribution in [1.82, 2.24) is 4.90 Å². The molecule has 1 rings (SSSR count). The first-order valence-electron chi connectivity index (χ1n) is 5.98. The third-order valence-electron chi connectivity index (χ3n) is 2.14. The summed E-state index contributed by atoms with van der Waals surface area (Å²) < 4.78 is 0. The molecule has 122 valence electrons. The van der Waals surface area contributed by atoms with Gasteiger partial charge in [0.1, 0.15) is 0 Å². The van der Waals surface area contributed by atoms with Gasteiger partial charge in [-0.2, -0.15) is 11.8 Å². The Labute approximate surface area is 154 Å². The molecule has 0 bridgehead atoms. The van der Waals surface area contributed by atoms with Crippen LogP contribution in [0, 0.1) is 0 Å². The fraction of sp³-hybridized carbons (Fsp3) is 0.667. The van der Waals surface area contributed by atoms with Crippen molar-refractivity contribution in [2.24, 2.45) is 0 Å². The second-order valence-electron chi connectivity index (χ2n) is 4.64. The van der Waals surface area contributed by atoms with E-state index in [0.717, 1.165) is 17.1 Å². The Kier molecular flexibility index (Phi) is 18.1. The number of amides is 2. The van der Waals surface area contributed by atoms with Crippen LogP contribution in [-0.4, -0.2) is 100 Å². The van der Waals surface area contributed by atoms with E-state index in [1.165, 1.54) is 11.8 Å². The second kappa shape index (κ2) is 14.3. The molecule has 1 heterocycles. The number of aliphatic hydroxyl groups is 2. The zero-order valence-electron chi connectivity index (χ0n) is 12.9. The Morgan fingerprint density at radius 1 is 1.19 bits per heavy atom. The van der Waals surface area contributed by atoms with Gasteiger partial charge in [0.05, 0.1) is 6.04 Å². The Balaban J connectivity index is -0.000000482. The van der Waals surface area contributed by atoms with E-state index in [2.05, 4.69) is 14.8 Å². The van der Waals surface area contributed by atoms with E-state index < -0.39 is 43.9 Å². The molecule has 0 saturated heterocycles. The van der Waals surface area contributed by atoms with Crippen molar-refractivity contribution in [3.63, 3.8) is 0 Å². The van der Waals surface area contributed by atoms with E-state index in [0.29, 0.717) is 12.2 Å². The van der Waals surface area contributed by atoms with Gasteiger partial charge in [0, 0.05) is 12.2 Å². The van der Waals surface area contributed by atoms with Gasteiger partial charge < -0.3 is 15.7 Å². The molecule has 0 aromatic carbocycles. The van der Waals surface area contributed by atoms with Gasteiger partial charge >= 0.3 is 58.5 Å². The molecule has 0 spiro atoms. The molecule has 21 heavy (non-hydrogen) atoms. The van der Waals surface area contributed by atoms with Crippen LogP contribution in [0.4, 0.5) is 0 Å². The molecule has 9 heteroatoms. The third-order valence-corrected chi connectivity index (χ3v) is 2.78. The minimum atomic E-state index is -1.69. The molecule has 0 aliphatic carbocycles. The SMILES string of the molecule is CSCCC(C(O)O)N1C(=O)C=CC1=O.O.[CH3][Sn]([CH3])[CH3].[SnH]. The first-order valence-corrected chi connectivity index (χ1v) is 15.9. The van der Waals surface area contributed by atoms with E-state index in [4.69, 9.17) is 10.2 Å². The predicted octanol–water partition coefficient (Wildman–Crippen LogP) is -0.759. The van der Waals surface area contributed by atoms with Gasteiger partial charge in [-0.15, -0.1) is 0 Å². The average molecular weight is 533 g/mol. The van der Waals surface area contributed by atoms with Crippen molar-refractivity contribution in [2.75, 3.05) is 12.0 Å². The molecule has 0 saturated carbocycles. The fourth-order valence-electron chi connectivity index (χ4n) is 1.39. The summed E-state index contributed by atoms with van der Waals surface area (Å²) in [6, 6.07) is -0.854. The first-order chi connectivity index (χ1) is 8.81. The van der Waals surface area contributed by atoms with E-state index in [1.54, 1.807) is 0 Å². The van der Waals surface area contributed by atoms with Crippen LogP contribution in [0.2, 0.25) is 14.8 Å². The third kappa shape index (κ3) is 11.0. The summed E-state index contributed by atoms with van der Waals surface area (Å²) in [5, 5.41) is 18.2. The molecule has 1 aliphatic rings. The van der Waals surface area contributed by atoms with Crippen LogP contribution in [0.5, 0.6) is 0 Å². The van der Waals surface area contributed by atoms with Gasteiger partial charge in [0.2, 0.25) is 0 Å². The van der Waals surface area contributed by atoms with E-state index in [1.807, 2.05) is 6.26 Å². The van der Waals surface area contributed by atoms with Crippen molar-refractivity contribution < 1.29 is 25.3 Å².